The first-order chi connectivity index (χ1) is 4.22. The van der Waals surface area contributed by atoms with E-state index in [1.54, 1.807) is 0 Å². The van der Waals surface area contributed by atoms with Gasteiger partial charge in [-0.3, -0.25) is 4.79 Å². The Hall–Kier alpha value is -0.890. The van der Waals surface area contributed by atoms with Crippen LogP contribution < -0.4 is 0 Å². The van der Waals surface area contributed by atoms with Crippen molar-refractivity contribution in [3.05, 3.63) is 24.3 Å². The first kappa shape index (κ1) is 6.23. The van der Waals surface area contributed by atoms with E-state index in [-0.39, 0.29) is 5.78 Å². The molecule has 0 saturated carbocycles. The summed E-state index contributed by atoms with van der Waals surface area (Å²) in [6, 6.07) is 0. The van der Waals surface area contributed by atoms with Gasteiger partial charge in [0.2, 0.25) is 0 Å². The normalized spacial score (nSPS) is 20.7. The van der Waals surface area contributed by atoms with E-state index in [0.29, 0.717) is 24.4 Å². The molecular weight excluding hydrogens is 116 g/mol. The third kappa shape index (κ3) is 1.08. The zero-order chi connectivity index (χ0) is 6.85. The van der Waals surface area contributed by atoms with Gasteiger partial charge in [-0.15, -0.1) is 0 Å². The quantitative estimate of drug-likeness (QED) is 0.444. The standard InChI is InChI=1S/C7H8O2/c1-5-3-9-4-6(2)7(5)8/h1-4H2. The highest BCUT2D eigenvalue weighted by atomic mass is 16.5. The second-order valence-electron chi connectivity index (χ2n) is 2.03. The van der Waals surface area contributed by atoms with E-state index < -0.39 is 0 Å². The van der Waals surface area contributed by atoms with Crippen LogP contribution in [0.3, 0.4) is 0 Å². The molecule has 0 spiro atoms. The van der Waals surface area contributed by atoms with Crippen molar-refractivity contribution in [2.75, 3.05) is 13.2 Å². The van der Waals surface area contributed by atoms with Crippen molar-refractivity contribution in [2.24, 2.45) is 0 Å². The lowest BCUT2D eigenvalue weighted by atomic mass is 10.1. The molecule has 2 heteroatoms. The van der Waals surface area contributed by atoms with Crippen molar-refractivity contribution < 1.29 is 9.53 Å². The molecule has 0 aromatic rings. The van der Waals surface area contributed by atoms with Gasteiger partial charge in [0.1, 0.15) is 0 Å². The second kappa shape index (κ2) is 2.15. The molecule has 1 fully saturated rings. The molecule has 0 aliphatic carbocycles. The number of rotatable bonds is 0. The maximum Gasteiger partial charge on any atom is 0.188 e. The molecule has 1 aliphatic rings. The Balaban J connectivity index is 2.74. The lowest BCUT2D eigenvalue weighted by Gasteiger charge is -2.13. The third-order valence-electron chi connectivity index (χ3n) is 1.19. The Labute approximate surface area is 53.8 Å². The summed E-state index contributed by atoms with van der Waals surface area (Å²) in [6.45, 7) is 7.74. The summed E-state index contributed by atoms with van der Waals surface area (Å²) in [5, 5.41) is 0. The van der Waals surface area contributed by atoms with Crippen LogP contribution in [0, 0.1) is 0 Å². The third-order valence-corrected chi connectivity index (χ3v) is 1.19. The highest BCUT2D eigenvalue weighted by Crippen LogP contribution is 2.09. The summed E-state index contributed by atoms with van der Waals surface area (Å²) < 4.78 is 4.94. The summed E-state index contributed by atoms with van der Waals surface area (Å²) in [4.78, 5) is 10.8. The van der Waals surface area contributed by atoms with Gasteiger partial charge in [0.05, 0.1) is 13.2 Å². The van der Waals surface area contributed by atoms with E-state index in [1.165, 1.54) is 0 Å². The lowest BCUT2D eigenvalue weighted by molar-refractivity contribution is -0.114. The summed E-state index contributed by atoms with van der Waals surface area (Å²) in [6.07, 6.45) is 0. The largest absolute Gasteiger partial charge is 0.372 e. The molecule has 0 N–H and O–H groups in total. The predicted octanol–water partition coefficient (Wildman–Crippen LogP) is 0.698. The number of carbonyl (C=O) groups is 1. The van der Waals surface area contributed by atoms with Crippen LogP contribution in [0.15, 0.2) is 24.3 Å². The smallest absolute Gasteiger partial charge is 0.188 e. The Bertz CT molecular complexity index is 161. The molecule has 0 atom stereocenters. The van der Waals surface area contributed by atoms with Gasteiger partial charge in [-0.1, -0.05) is 13.2 Å². The van der Waals surface area contributed by atoms with E-state index in [0.717, 1.165) is 0 Å². The van der Waals surface area contributed by atoms with E-state index in [9.17, 15) is 4.79 Å². The van der Waals surface area contributed by atoms with Gasteiger partial charge in [0.25, 0.3) is 0 Å². The second-order valence-corrected chi connectivity index (χ2v) is 2.03. The molecule has 1 heterocycles. The zero-order valence-electron chi connectivity index (χ0n) is 5.14. The molecule has 0 bridgehead atoms. The average molecular weight is 124 g/mol. The molecule has 0 aromatic heterocycles. The molecular formula is C7H8O2. The van der Waals surface area contributed by atoms with Crippen molar-refractivity contribution in [2.45, 2.75) is 0 Å². The van der Waals surface area contributed by atoms with Gasteiger partial charge in [0, 0.05) is 11.1 Å². The topological polar surface area (TPSA) is 26.3 Å². The molecule has 48 valence electrons. The van der Waals surface area contributed by atoms with E-state index >= 15 is 0 Å². The van der Waals surface area contributed by atoms with Crippen LogP contribution in [-0.4, -0.2) is 19.0 Å². The van der Waals surface area contributed by atoms with Crippen LogP contribution in [-0.2, 0) is 9.53 Å². The molecule has 1 aliphatic heterocycles. The maximum absolute atomic E-state index is 10.8. The lowest BCUT2D eigenvalue weighted by Crippen LogP contribution is -2.20. The minimum absolute atomic E-state index is 0.0405. The maximum atomic E-state index is 10.8. The highest BCUT2D eigenvalue weighted by molar-refractivity contribution is 6.08. The molecule has 9 heavy (non-hydrogen) atoms. The fourth-order valence-corrected chi connectivity index (χ4v) is 0.679. The molecule has 0 aromatic carbocycles. The van der Waals surface area contributed by atoms with Gasteiger partial charge >= 0.3 is 0 Å². The van der Waals surface area contributed by atoms with Gasteiger partial charge in [0.15, 0.2) is 5.78 Å². The summed E-state index contributed by atoms with van der Waals surface area (Å²) >= 11 is 0. The van der Waals surface area contributed by atoms with Crippen LogP contribution >= 0.6 is 0 Å². The minimum atomic E-state index is -0.0405. The highest BCUT2D eigenvalue weighted by Gasteiger charge is 2.16. The molecule has 0 amide bonds. The monoisotopic (exact) mass is 124 g/mol. The molecule has 0 unspecified atom stereocenters. The number of Topliss-reactive ketones (excluding diaryl/α,β-unsaturated/α-hetero) is 1. The SMILES string of the molecule is C=C1COCC(=C)C1=O. The zero-order valence-corrected chi connectivity index (χ0v) is 5.14. The van der Waals surface area contributed by atoms with Gasteiger partial charge in [-0.2, -0.15) is 0 Å². The summed E-state index contributed by atoms with van der Waals surface area (Å²) in [5.41, 5.74) is 1.01. The number of ketones is 1. The van der Waals surface area contributed by atoms with E-state index in [1.807, 2.05) is 0 Å². The Kier molecular flexibility index (Phi) is 1.49. The predicted molar refractivity (Wildman–Crippen MR) is 34.1 cm³/mol. The van der Waals surface area contributed by atoms with E-state index in [2.05, 4.69) is 13.2 Å². The number of hydrogen-bond donors (Lipinski definition) is 0. The van der Waals surface area contributed by atoms with Crippen LogP contribution in [0.25, 0.3) is 0 Å². The molecule has 1 rings (SSSR count). The van der Waals surface area contributed by atoms with Crippen molar-refractivity contribution in [3.63, 3.8) is 0 Å². The Morgan fingerprint density at radius 1 is 1.22 bits per heavy atom. The van der Waals surface area contributed by atoms with Crippen molar-refractivity contribution >= 4 is 5.78 Å². The van der Waals surface area contributed by atoms with Crippen molar-refractivity contribution in [1.29, 1.82) is 0 Å². The van der Waals surface area contributed by atoms with Crippen molar-refractivity contribution in [1.82, 2.24) is 0 Å². The Morgan fingerprint density at radius 2 is 1.67 bits per heavy atom. The Morgan fingerprint density at radius 3 is 2.00 bits per heavy atom. The minimum Gasteiger partial charge on any atom is -0.372 e. The van der Waals surface area contributed by atoms with Crippen LogP contribution in [0.4, 0.5) is 0 Å². The average Bonchev–Trinajstić information content (AvgIpc) is 1.83. The van der Waals surface area contributed by atoms with Crippen LogP contribution in [0.2, 0.25) is 0 Å². The van der Waals surface area contributed by atoms with Crippen molar-refractivity contribution in [3.8, 4) is 0 Å². The first-order valence-corrected chi connectivity index (χ1v) is 2.70. The van der Waals surface area contributed by atoms with Crippen LogP contribution in [0.5, 0.6) is 0 Å². The fourth-order valence-electron chi connectivity index (χ4n) is 0.679. The first-order valence-electron chi connectivity index (χ1n) is 2.70. The van der Waals surface area contributed by atoms with Gasteiger partial charge in [-0.05, 0) is 0 Å². The van der Waals surface area contributed by atoms with E-state index in [4.69, 9.17) is 4.74 Å². The number of hydrogen-bond acceptors (Lipinski definition) is 2. The molecule has 2 nitrogen and oxygen atoms in total. The van der Waals surface area contributed by atoms with Gasteiger partial charge in [-0.25, -0.2) is 0 Å². The summed E-state index contributed by atoms with van der Waals surface area (Å²) in [5.74, 6) is -0.0405. The number of carbonyl (C=O) groups excluding carboxylic acids is 1. The fraction of sp³-hybridized carbons (Fsp3) is 0.286. The van der Waals surface area contributed by atoms with Crippen LogP contribution in [0.1, 0.15) is 0 Å². The molecule has 1 saturated heterocycles. The summed E-state index contributed by atoms with van der Waals surface area (Å²) in [7, 11) is 0. The number of ether oxygens (including phenoxy) is 1. The van der Waals surface area contributed by atoms with Gasteiger partial charge < -0.3 is 4.74 Å². The molecule has 0 radical (unpaired) electrons.